The third-order valence-electron chi connectivity index (χ3n) is 3.46. The Bertz CT molecular complexity index is 272. The lowest BCUT2D eigenvalue weighted by Crippen LogP contribution is -2.39. The summed E-state index contributed by atoms with van der Waals surface area (Å²) in [5.74, 6) is 0. The summed E-state index contributed by atoms with van der Waals surface area (Å²) >= 11 is 0. The topological polar surface area (TPSA) is 0 Å². The molecule has 0 aromatic heterocycles. The number of nitrogens with zero attached hydrogens (tertiary/aromatic N) is 1. The summed E-state index contributed by atoms with van der Waals surface area (Å²) in [5, 5.41) is 0. The molecule has 1 aromatic carbocycles. The van der Waals surface area contributed by atoms with Crippen molar-refractivity contribution in [1.29, 1.82) is 0 Å². The highest BCUT2D eigenvalue weighted by Crippen LogP contribution is 2.12. The highest BCUT2D eigenvalue weighted by Gasteiger charge is 2.11. The van der Waals surface area contributed by atoms with Gasteiger partial charge >= 0.3 is 0 Å². The van der Waals surface area contributed by atoms with Crippen molar-refractivity contribution in [2.45, 2.75) is 52.0 Å². The van der Waals surface area contributed by atoms with Crippen LogP contribution in [0.25, 0.3) is 0 Å². The second-order valence-corrected chi connectivity index (χ2v) is 5.88. The van der Waals surface area contributed by atoms with Crippen LogP contribution in [0.5, 0.6) is 0 Å². The normalized spacial score (nSPS) is 11.9. The standard InChI is InChI=1S/C16H29N/c1-4-5-6-7-8-11-14-17(2,3)15-16-12-9-10-13-16/h9-10,12-13H,4-8,11,14-15H2,1-3H3. The van der Waals surface area contributed by atoms with Crippen LogP contribution in [0.1, 0.15) is 51.0 Å². The second-order valence-electron chi connectivity index (χ2n) is 5.88. The first kappa shape index (κ1) is 14.4. The summed E-state index contributed by atoms with van der Waals surface area (Å²) in [5.41, 5.74) is 1.47. The van der Waals surface area contributed by atoms with Gasteiger partial charge in [-0.25, -0.2) is 6.07 Å². The van der Waals surface area contributed by atoms with E-state index in [2.05, 4.69) is 45.3 Å². The maximum absolute atomic E-state index is 2.35. The number of unbranched alkanes of at least 4 members (excludes halogenated alkanes) is 5. The first-order valence-corrected chi connectivity index (χ1v) is 7.16. The zero-order valence-electron chi connectivity index (χ0n) is 11.9. The van der Waals surface area contributed by atoms with Crippen molar-refractivity contribution in [3.63, 3.8) is 0 Å². The minimum atomic E-state index is 1.12. The third-order valence-corrected chi connectivity index (χ3v) is 3.46. The lowest BCUT2D eigenvalue weighted by molar-refractivity contribution is -0.903. The molecule has 0 aliphatic carbocycles. The van der Waals surface area contributed by atoms with E-state index in [0.29, 0.717) is 0 Å². The lowest BCUT2D eigenvalue weighted by Gasteiger charge is -2.32. The molecule has 1 rings (SSSR count). The molecule has 17 heavy (non-hydrogen) atoms. The molecule has 0 N–H and O–H groups in total. The Morgan fingerprint density at radius 3 is 2.41 bits per heavy atom. The molecular formula is C16H29N. The Morgan fingerprint density at radius 2 is 1.76 bits per heavy atom. The van der Waals surface area contributed by atoms with Crippen LogP contribution in [-0.4, -0.2) is 25.1 Å². The van der Waals surface area contributed by atoms with Crippen LogP contribution in [0.3, 0.4) is 0 Å². The van der Waals surface area contributed by atoms with Crippen LogP contribution in [0, 0.1) is 0 Å². The van der Waals surface area contributed by atoms with Crippen molar-refractivity contribution in [3.05, 3.63) is 29.8 Å². The van der Waals surface area contributed by atoms with Gasteiger partial charge in [-0.05, 0) is 12.8 Å². The molecule has 1 heteroatoms. The molecule has 0 aliphatic heterocycles. The largest absolute Gasteiger partial charge is 0.335 e. The van der Waals surface area contributed by atoms with Gasteiger partial charge in [0.25, 0.3) is 0 Å². The maximum atomic E-state index is 2.35. The Morgan fingerprint density at radius 1 is 1.06 bits per heavy atom. The Kier molecular flexibility index (Phi) is 6.43. The van der Waals surface area contributed by atoms with Crippen LogP contribution in [0.2, 0.25) is 0 Å². The average molecular weight is 235 g/mol. The number of hydrogen-bond acceptors (Lipinski definition) is 0. The molecule has 1 nitrogen and oxygen atoms in total. The predicted octanol–water partition coefficient (Wildman–Crippen LogP) is 4.34. The lowest BCUT2D eigenvalue weighted by atomic mass is 10.1. The molecule has 0 saturated carbocycles. The second kappa shape index (κ2) is 7.60. The van der Waals surface area contributed by atoms with Crippen molar-refractivity contribution in [2.75, 3.05) is 20.6 Å². The Labute approximate surface area is 107 Å². The van der Waals surface area contributed by atoms with E-state index in [-0.39, 0.29) is 0 Å². The van der Waals surface area contributed by atoms with Crippen LogP contribution >= 0.6 is 0 Å². The van der Waals surface area contributed by atoms with Gasteiger partial charge in [0.2, 0.25) is 0 Å². The minimum absolute atomic E-state index is 1.12. The minimum Gasteiger partial charge on any atom is -0.335 e. The molecule has 0 fully saturated rings. The fourth-order valence-electron chi connectivity index (χ4n) is 2.41. The van der Waals surface area contributed by atoms with Crippen molar-refractivity contribution in [1.82, 2.24) is 0 Å². The molecule has 0 bridgehead atoms. The molecule has 0 saturated heterocycles. The van der Waals surface area contributed by atoms with Gasteiger partial charge in [-0.15, -0.1) is 5.56 Å². The van der Waals surface area contributed by atoms with E-state index in [1.807, 2.05) is 0 Å². The number of quaternary nitrogens is 1. The zero-order valence-corrected chi connectivity index (χ0v) is 11.9. The van der Waals surface area contributed by atoms with Crippen molar-refractivity contribution in [3.8, 4) is 0 Å². The Balaban J connectivity index is 2.12. The van der Waals surface area contributed by atoms with Gasteiger partial charge < -0.3 is 4.48 Å². The van der Waals surface area contributed by atoms with Gasteiger partial charge in [-0.3, -0.25) is 0 Å². The molecule has 0 amide bonds. The molecule has 0 heterocycles. The monoisotopic (exact) mass is 235 g/mol. The van der Waals surface area contributed by atoms with E-state index in [0.717, 1.165) is 4.48 Å². The average Bonchev–Trinajstić information content (AvgIpc) is 2.75. The fraction of sp³-hybridized carbons (Fsp3) is 0.688. The van der Waals surface area contributed by atoms with Crippen LogP contribution < -0.4 is 0 Å². The van der Waals surface area contributed by atoms with Crippen molar-refractivity contribution >= 4 is 0 Å². The van der Waals surface area contributed by atoms with E-state index in [9.17, 15) is 0 Å². The van der Waals surface area contributed by atoms with Crippen molar-refractivity contribution in [2.24, 2.45) is 0 Å². The van der Waals surface area contributed by atoms with Crippen LogP contribution in [-0.2, 0) is 6.54 Å². The van der Waals surface area contributed by atoms with E-state index in [4.69, 9.17) is 0 Å². The van der Waals surface area contributed by atoms with E-state index >= 15 is 0 Å². The number of hydrogen-bond donors (Lipinski definition) is 0. The number of rotatable bonds is 9. The summed E-state index contributed by atoms with van der Waals surface area (Å²) < 4.78 is 1.12. The first-order valence-electron chi connectivity index (χ1n) is 7.16. The summed E-state index contributed by atoms with van der Waals surface area (Å²) in [4.78, 5) is 0. The van der Waals surface area contributed by atoms with Gasteiger partial charge in [-0.2, -0.15) is 18.2 Å². The summed E-state index contributed by atoms with van der Waals surface area (Å²) in [7, 11) is 4.69. The van der Waals surface area contributed by atoms with Gasteiger partial charge in [-0.1, -0.05) is 32.6 Å². The predicted molar refractivity (Wildman–Crippen MR) is 76.1 cm³/mol. The van der Waals surface area contributed by atoms with E-state index in [1.165, 1.54) is 57.2 Å². The highest BCUT2D eigenvalue weighted by atomic mass is 15.3. The molecule has 1 aromatic rings. The van der Waals surface area contributed by atoms with Crippen LogP contribution in [0.15, 0.2) is 24.3 Å². The van der Waals surface area contributed by atoms with Crippen LogP contribution in [0.4, 0.5) is 0 Å². The van der Waals surface area contributed by atoms with E-state index < -0.39 is 0 Å². The molecular weight excluding hydrogens is 206 g/mol. The SMILES string of the molecule is CCCCCCCC[N+](C)(C)Cc1cc[cH-]c1. The summed E-state index contributed by atoms with van der Waals surface area (Å²) in [6.45, 7) is 4.75. The maximum Gasteiger partial charge on any atom is 0.0776 e. The molecule has 0 aliphatic rings. The van der Waals surface area contributed by atoms with Gasteiger partial charge in [0.05, 0.1) is 27.2 Å². The molecule has 0 radical (unpaired) electrons. The molecule has 98 valence electrons. The van der Waals surface area contributed by atoms with Gasteiger partial charge in [0, 0.05) is 0 Å². The molecule has 0 unspecified atom stereocenters. The fourth-order valence-corrected chi connectivity index (χ4v) is 2.41. The zero-order chi connectivity index (χ0) is 12.6. The molecule has 0 atom stereocenters. The molecule has 0 spiro atoms. The van der Waals surface area contributed by atoms with Gasteiger partial charge in [0.1, 0.15) is 0 Å². The first-order chi connectivity index (χ1) is 8.14. The third kappa shape index (κ3) is 6.58. The quantitative estimate of drug-likeness (QED) is 0.339. The summed E-state index contributed by atoms with van der Waals surface area (Å²) in [6, 6.07) is 8.75. The van der Waals surface area contributed by atoms with E-state index in [1.54, 1.807) is 0 Å². The Hall–Kier alpha value is -0.690. The van der Waals surface area contributed by atoms with Crippen molar-refractivity contribution < 1.29 is 4.48 Å². The summed E-state index contributed by atoms with van der Waals surface area (Å²) in [6.07, 6.45) is 8.38. The highest BCUT2D eigenvalue weighted by molar-refractivity contribution is 5.14. The smallest absolute Gasteiger partial charge is 0.0776 e. The van der Waals surface area contributed by atoms with Gasteiger partial charge in [0.15, 0.2) is 0 Å².